The molecule has 2 aliphatic heterocycles. The molecule has 0 saturated carbocycles. The fourth-order valence-electron chi connectivity index (χ4n) is 3.69. The van der Waals surface area contributed by atoms with E-state index < -0.39 is 0 Å². The van der Waals surface area contributed by atoms with Crippen molar-refractivity contribution in [3.63, 3.8) is 0 Å². The summed E-state index contributed by atoms with van der Waals surface area (Å²) in [6.45, 7) is 4.66. The Labute approximate surface area is 144 Å². The van der Waals surface area contributed by atoms with Crippen LogP contribution >= 0.6 is 0 Å². The van der Waals surface area contributed by atoms with Crippen LogP contribution in [0.2, 0.25) is 0 Å². The van der Waals surface area contributed by atoms with Crippen molar-refractivity contribution in [1.82, 2.24) is 9.80 Å². The molecule has 0 spiro atoms. The maximum absolute atomic E-state index is 12.6. The average molecular weight is 332 g/mol. The van der Waals surface area contributed by atoms with Crippen LogP contribution in [0.15, 0.2) is 12.1 Å². The maximum atomic E-state index is 12.6. The van der Waals surface area contributed by atoms with Gasteiger partial charge in [-0.1, -0.05) is 6.42 Å². The lowest BCUT2D eigenvalue weighted by molar-refractivity contribution is -0.132. The van der Waals surface area contributed by atoms with E-state index in [0.717, 1.165) is 44.1 Å². The van der Waals surface area contributed by atoms with Gasteiger partial charge in [-0.05, 0) is 55.6 Å². The number of hydrogen-bond acceptors (Lipinski definition) is 4. The van der Waals surface area contributed by atoms with Crippen LogP contribution in [-0.4, -0.2) is 56.1 Å². The first-order chi connectivity index (χ1) is 11.7. The zero-order valence-corrected chi connectivity index (χ0v) is 14.8. The third-order valence-electron chi connectivity index (χ3n) is 5.16. The van der Waals surface area contributed by atoms with Crippen molar-refractivity contribution >= 4 is 5.91 Å². The van der Waals surface area contributed by atoms with Crippen LogP contribution in [0.25, 0.3) is 0 Å². The number of likely N-dealkylation sites (tertiary alicyclic amines) is 1. The highest BCUT2D eigenvalue weighted by molar-refractivity contribution is 5.76. The predicted octanol–water partition coefficient (Wildman–Crippen LogP) is 2.46. The zero-order chi connectivity index (χ0) is 16.9. The van der Waals surface area contributed by atoms with E-state index in [9.17, 15) is 4.79 Å². The van der Waals surface area contributed by atoms with E-state index in [4.69, 9.17) is 9.47 Å². The minimum Gasteiger partial charge on any atom is -0.493 e. The number of carbonyl (C=O) groups is 1. The van der Waals surface area contributed by atoms with Crippen LogP contribution in [0.3, 0.4) is 0 Å². The molecule has 0 unspecified atom stereocenters. The molecule has 1 aromatic carbocycles. The van der Waals surface area contributed by atoms with E-state index in [1.807, 2.05) is 17.0 Å². The molecular weight excluding hydrogens is 304 g/mol. The molecule has 24 heavy (non-hydrogen) atoms. The van der Waals surface area contributed by atoms with Gasteiger partial charge >= 0.3 is 0 Å². The summed E-state index contributed by atoms with van der Waals surface area (Å²) < 4.78 is 10.8. The van der Waals surface area contributed by atoms with E-state index in [1.54, 1.807) is 14.2 Å². The molecule has 5 nitrogen and oxygen atoms in total. The van der Waals surface area contributed by atoms with E-state index in [0.29, 0.717) is 13.0 Å². The second-order valence-corrected chi connectivity index (χ2v) is 6.69. The smallest absolute Gasteiger partial charge is 0.224 e. The number of hydrogen-bond donors (Lipinski definition) is 0. The standard InChI is InChI=1S/C19H28N2O3/c1-23-17-12-15-6-11-21(14-16(15)13-18(17)24-2)19(22)7-10-20-8-4-3-5-9-20/h12-13H,3-11,14H2,1-2H3. The third kappa shape index (κ3) is 3.83. The fraction of sp³-hybridized carbons (Fsp3) is 0.632. The van der Waals surface area contributed by atoms with Gasteiger partial charge in [0.05, 0.1) is 14.2 Å². The molecule has 0 bridgehead atoms. The number of carbonyl (C=O) groups excluding carboxylic acids is 1. The van der Waals surface area contributed by atoms with Crippen molar-refractivity contribution in [3.8, 4) is 11.5 Å². The van der Waals surface area contributed by atoms with Gasteiger partial charge in [0.15, 0.2) is 11.5 Å². The highest BCUT2D eigenvalue weighted by atomic mass is 16.5. The Morgan fingerprint density at radius 2 is 1.67 bits per heavy atom. The molecule has 3 rings (SSSR count). The van der Waals surface area contributed by atoms with Gasteiger partial charge in [0, 0.05) is 26.1 Å². The van der Waals surface area contributed by atoms with Gasteiger partial charge in [-0.15, -0.1) is 0 Å². The number of methoxy groups -OCH3 is 2. The number of fused-ring (bicyclic) bond motifs is 1. The number of ether oxygens (including phenoxy) is 2. The molecule has 0 N–H and O–H groups in total. The number of nitrogens with zero attached hydrogens (tertiary/aromatic N) is 2. The van der Waals surface area contributed by atoms with Crippen molar-refractivity contribution in [2.75, 3.05) is 40.4 Å². The molecule has 0 atom stereocenters. The van der Waals surface area contributed by atoms with E-state index >= 15 is 0 Å². The summed E-state index contributed by atoms with van der Waals surface area (Å²) in [5.74, 6) is 1.76. The summed E-state index contributed by atoms with van der Waals surface area (Å²) in [6, 6.07) is 4.06. The Balaban J connectivity index is 1.60. The highest BCUT2D eigenvalue weighted by Gasteiger charge is 2.23. The largest absolute Gasteiger partial charge is 0.493 e. The molecule has 2 aliphatic rings. The Kier molecular flexibility index (Phi) is 5.61. The van der Waals surface area contributed by atoms with Crippen LogP contribution in [0.5, 0.6) is 11.5 Å². The minimum atomic E-state index is 0.265. The van der Waals surface area contributed by atoms with Crippen molar-refractivity contribution in [3.05, 3.63) is 23.3 Å². The average Bonchev–Trinajstić information content (AvgIpc) is 2.65. The third-order valence-corrected chi connectivity index (χ3v) is 5.16. The molecule has 5 heteroatoms. The summed E-state index contributed by atoms with van der Waals surface area (Å²) in [5, 5.41) is 0. The molecule has 0 aromatic heterocycles. The van der Waals surface area contributed by atoms with Crippen LogP contribution in [0.1, 0.15) is 36.8 Å². The predicted molar refractivity (Wildman–Crippen MR) is 93.6 cm³/mol. The van der Waals surface area contributed by atoms with Gasteiger partial charge in [-0.25, -0.2) is 0 Å². The zero-order valence-electron chi connectivity index (χ0n) is 14.8. The molecule has 132 valence electrons. The lowest BCUT2D eigenvalue weighted by Crippen LogP contribution is -2.39. The first-order valence-electron chi connectivity index (χ1n) is 8.95. The monoisotopic (exact) mass is 332 g/mol. The molecule has 0 radical (unpaired) electrons. The van der Waals surface area contributed by atoms with Crippen LogP contribution in [0, 0.1) is 0 Å². The van der Waals surface area contributed by atoms with Crippen LogP contribution in [-0.2, 0) is 17.8 Å². The van der Waals surface area contributed by atoms with Crippen molar-refractivity contribution in [2.45, 2.75) is 38.6 Å². The van der Waals surface area contributed by atoms with E-state index in [-0.39, 0.29) is 5.91 Å². The van der Waals surface area contributed by atoms with Gasteiger partial charge in [-0.3, -0.25) is 4.79 Å². The lowest BCUT2D eigenvalue weighted by Gasteiger charge is -2.31. The van der Waals surface area contributed by atoms with Gasteiger partial charge in [0.2, 0.25) is 5.91 Å². The quantitative estimate of drug-likeness (QED) is 0.831. The maximum Gasteiger partial charge on any atom is 0.224 e. The van der Waals surface area contributed by atoms with E-state index in [1.165, 1.54) is 30.4 Å². The Bertz CT molecular complexity index is 582. The molecule has 1 fully saturated rings. The summed E-state index contributed by atoms with van der Waals surface area (Å²) >= 11 is 0. The number of amides is 1. The molecule has 1 amide bonds. The first-order valence-corrected chi connectivity index (χ1v) is 8.95. The van der Waals surface area contributed by atoms with Gasteiger partial charge in [0.25, 0.3) is 0 Å². The Hall–Kier alpha value is -1.75. The molecule has 0 aliphatic carbocycles. The summed E-state index contributed by atoms with van der Waals surface area (Å²) in [6.07, 6.45) is 5.38. The highest BCUT2D eigenvalue weighted by Crippen LogP contribution is 2.33. The van der Waals surface area contributed by atoms with E-state index in [2.05, 4.69) is 4.90 Å². The molecule has 2 heterocycles. The van der Waals surface area contributed by atoms with Gasteiger partial charge < -0.3 is 19.3 Å². The molecular formula is C19H28N2O3. The molecule has 1 aromatic rings. The summed E-state index contributed by atoms with van der Waals surface area (Å²) in [4.78, 5) is 17.0. The van der Waals surface area contributed by atoms with Crippen molar-refractivity contribution < 1.29 is 14.3 Å². The fourth-order valence-corrected chi connectivity index (χ4v) is 3.69. The van der Waals surface area contributed by atoms with Crippen LogP contribution in [0.4, 0.5) is 0 Å². The SMILES string of the molecule is COc1cc2c(cc1OC)CN(C(=O)CCN1CCCCC1)CC2. The number of rotatable bonds is 5. The summed E-state index contributed by atoms with van der Waals surface area (Å²) in [5.41, 5.74) is 2.43. The van der Waals surface area contributed by atoms with Crippen molar-refractivity contribution in [1.29, 1.82) is 0 Å². The van der Waals surface area contributed by atoms with Gasteiger partial charge in [-0.2, -0.15) is 0 Å². The molecule has 1 saturated heterocycles. The number of benzene rings is 1. The normalized spacial score (nSPS) is 18.2. The lowest BCUT2D eigenvalue weighted by atomic mass is 9.98. The minimum absolute atomic E-state index is 0.265. The summed E-state index contributed by atoms with van der Waals surface area (Å²) in [7, 11) is 3.30. The first kappa shape index (κ1) is 17.1. The Morgan fingerprint density at radius 1 is 1.00 bits per heavy atom. The van der Waals surface area contributed by atoms with Crippen molar-refractivity contribution in [2.24, 2.45) is 0 Å². The number of piperidine rings is 1. The second-order valence-electron chi connectivity index (χ2n) is 6.69. The van der Waals surface area contributed by atoms with Crippen LogP contribution < -0.4 is 9.47 Å². The Morgan fingerprint density at radius 3 is 2.33 bits per heavy atom. The topological polar surface area (TPSA) is 42.0 Å². The second kappa shape index (κ2) is 7.88. The van der Waals surface area contributed by atoms with Gasteiger partial charge in [0.1, 0.15) is 0 Å².